The van der Waals surface area contributed by atoms with Gasteiger partial charge in [0.25, 0.3) is 0 Å². The lowest BCUT2D eigenvalue weighted by Gasteiger charge is -2.25. The van der Waals surface area contributed by atoms with Crippen LogP contribution in [-0.2, 0) is 15.8 Å². The molecule has 2 aromatic rings. The van der Waals surface area contributed by atoms with E-state index in [1.165, 1.54) is 24.0 Å². The van der Waals surface area contributed by atoms with Crippen molar-refractivity contribution in [3.63, 3.8) is 0 Å². The molecule has 7 heteroatoms. The Morgan fingerprint density at radius 3 is 2.36 bits per heavy atom. The molecule has 0 saturated carbocycles. The third-order valence-electron chi connectivity index (χ3n) is 4.27. The van der Waals surface area contributed by atoms with Crippen molar-refractivity contribution in [3.05, 3.63) is 59.7 Å². The van der Waals surface area contributed by atoms with E-state index in [0.717, 1.165) is 23.4 Å². The summed E-state index contributed by atoms with van der Waals surface area (Å²) in [5, 5.41) is 2.46. The molecular formula is C21H23F3N2O2. The monoisotopic (exact) mass is 392 g/mol. The van der Waals surface area contributed by atoms with Crippen LogP contribution in [0.2, 0.25) is 0 Å². The molecule has 0 spiro atoms. The highest BCUT2D eigenvalue weighted by Gasteiger charge is 2.30. The first-order valence-corrected chi connectivity index (χ1v) is 8.93. The second kappa shape index (κ2) is 8.91. The van der Waals surface area contributed by atoms with Gasteiger partial charge in [0.15, 0.2) is 0 Å². The van der Waals surface area contributed by atoms with Crippen LogP contribution in [0.4, 0.5) is 24.5 Å². The minimum atomic E-state index is -4.48. The summed E-state index contributed by atoms with van der Waals surface area (Å²) in [7, 11) is 0. The van der Waals surface area contributed by atoms with Crippen molar-refractivity contribution in [2.45, 2.75) is 39.3 Å². The molecule has 2 aromatic carbocycles. The zero-order valence-corrected chi connectivity index (χ0v) is 16.0. The number of alkyl halides is 3. The Balaban J connectivity index is 2.09. The number of para-hydroxylation sites is 1. The summed E-state index contributed by atoms with van der Waals surface area (Å²) >= 11 is 0. The molecule has 4 nitrogen and oxygen atoms in total. The van der Waals surface area contributed by atoms with Crippen molar-refractivity contribution >= 4 is 23.2 Å². The van der Waals surface area contributed by atoms with E-state index in [4.69, 9.17) is 0 Å². The van der Waals surface area contributed by atoms with Crippen molar-refractivity contribution in [1.29, 1.82) is 0 Å². The van der Waals surface area contributed by atoms with Gasteiger partial charge in [0.05, 0.1) is 5.56 Å². The standard InChI is InChI=1S/C21H23F3N2O2/c1-14(2)18-9-4-5-10-19(18)26(15(3)27)12-11-20(28)25-17-8-6-7-16(13-17)21(22,23)24/h4-10,13-14H,11-12H2,1-3H3,(H,25,28). The third-order valence-corrected chi connectivity index (χ3v) is 4.27. The maximum absolute atomic E-state index is 12.8. The Labute approximate surface area is 162 Å². The quantitative estimate of drug-likeness (QED) is 0.734. The Morgan fingerprint density at radius 2 is 1.75 bits per heavy atom. The van der Waals surface area contributed by atoms with Gasteiger partial charge in [-0.3, -0.25) is 9.59 Å². The molecule has 0 bridgehead atoms. The predicted molar refractivity (Wildman–Crippen MR) is 103 cm³/mol. The Hall–Kier alpha value is -2.83. The summed E-state index contributed by atoms with van der Waals surface area (Å²) in [4.78, 5) is 25.8. The molecule has 1 N–H and O–H groups in total. The summed E-state index contributed by atoms with van der Waals surface area (Å²) in [5.74, 6) is -0.482. The van der Waals surface area contributed by atoms with Crippen LogP contribution < -0.4 is 10.2 Å². The number of hydrogen-bond acceptors (Lipinski definition) is 2. The van der Waals surface area contributed by atoms with E-state index in [-0.39, 0.29) is 30.5 Å². The molecular weight excluding hydrogens is 369 g/mol. The first-order chi connectivity index (χ1) is 13.1. The minimum Gasteiger partial charge on any atom is -0.326 e. The van der Waals surface area contributed by atoms with Gasteiger partial charge in [0.1, 0.15) is 0 Å². The van der Waals surface area contributed by atoms with Crippen LogP contribution in [0.1, 0.15) is 44.2 Å². The summed E-state index contributed by atoms with van der Waals surface area (Å²) in [5.41, 5.74) is 0.950. The SMILES string of the molecule is CC(=O)N(CCC(=O)Nc1cccc(C(F)(F)F)c1)c1ccccc1C(C)C. The van der Waals surface area contributed by atoms with Gasteiger partial charge < -0.3 is 10.2 Å². The van der Waals surface area contributed by atoms with Crippen LogP contribution in [0.15, 0.2) is 48.5 Å². The van der Waals surface area contributed by atoms with Crippen LogP contribution in [0, 0.1) is 0 Å². The van der Waals surface area contributed by atoms with E-state index < -0.39 is 17.6 Å². The van der Waals surface area contributed by atoms with Crippen molar-refractivity contribution in [2.75, 3.05) is 16.8 Å². The highest BCUT2D eigenvalue weighted by molar-refractivity contribution is 5.95. The van der Waals surface area contributed by atoms with E-state index >= 15 is 0 Å². The predicted octanol–water partition coefficient (Wildman–Crippen LogP) is 5.21. The lowest BCUT2D eigenvalue weighted by Crippen LogP contribution is -2.32. The lowest BCUT2D eigenvalue weighted by molar-refractivity contribution is -0.137. The molecule has 28 heavy (non-hydrogen) atoms. The van der Waals surface area contributed by atoms with E-state index in [1.54, 1.807) is 0 Å². The van der Waals surface area contributed by atoms with Gasteiger partial charge >= 0.3 is 6.18 Å². The van der Waals surface area contributed by atoms with Gasteiger partial charge in [-0.05, 0) is 35.7 Å². The third kappa shape index (κ3) is 5.58. The summed E-state index contributed by atoms with van der Waals surface area (Å²) < 4.78 is 38.3. The summed E-state index contributed by atoms with van der Waals surface area (Å²) in [6.07, 6.45) is -4.52. The van der Waals surface area contributed by atoms with Crippen LogP contribution in [-0.4, -0.2) is 18.4 Å². The first-order valence-electron chi connectivity index (χ1n) is 8.93. The maximum atomic E-state index is 12.8. The Morgan fingerprint density at radius 1 is 1.07 bits per heavy atom. The van der Waals surface area contributed by atoms with Gasteiger partial charge in [-0.1, -0.05) is 38.1 Å². The number of amides is 2. The molecule has 0 unspecified atom stereocenters. The number of carbonyl (C=O) groups excluding carboxylic acids is 2. The van der Waals surface area contributed by atoms with Crippen molar-refractivity contribution in [1.82, 2.24) is 0 Å². The number of rotatable bonds is 6. The van der Waals surface area contributed by atoms with Gasteiger partial charge in [-0.2, -0.15) is 13.2 Å². The Bertz CT molecular complexity index is 848. The highest BCUT2D eigenvalue weighted by atomic mass is 19.4. The van der Waals surface area contributed by atoms with Gasteiger partial charge in [0, 0.05) is 31.3 Å². The van der Waals surface area contributed by atoms with E-state index in [0.29, 0.717) is 0 Å². The number of carbonyl (C=O) groups is 2. The molecule has 0 aromatic heterocycles. The second-order valence-corrected chi connectivity index (χ2v) is 6.76. The molecule has 0 aliphatic rings. The van der Waals surface area contributed by atoms with E-state index in [9.17, 15) is 22.8 Å². The fourth-order valence-corrected chi connectivity index (χ4v) is 2.88. The molecule has 0 atom stereocenters. The molecule has 0 radical (unpaired) electrons. The normalized spacial score (nSPS) is 11.4. The number of halogens is 3. The van der Waals surface area contributed by atoms with E-state index in [2.05, 4.69) is 5.32 Å². The highest BCUT2D eigenvalue weighted by Crippen LogP contribution is 2.31. The number of nitrogens with zero attached hydrogens (tertiary/aromatic N) is 1. The number of benzene rings is 2. The summed E-state index contributed by atoms with van der Waals surface area (Å²) in [6, 6.07) is 11.9. The van der Waals surface area contributed by atoms with Crippen molar-refractivity contribution in [3.8, 4) is 0 Å². The van der Waals surface area contributed by atoms with Crippen LogP contribution in [0.3, 0.4) is 0 Å². The van der Waals surface area contributed by atoms with Gasteiger partial charge in [-0.25, -0.2) is 0 Å². The van der Waals surface area contributed by atoms with Crippen molar-refractivity contribution in [2.24, 2.45) is 0 Å². The fraction of sp³-hybridized carbons (Fsp3) is 0.333. The zero-order valence-electron chi connectivity index (χ0n) is 16.0. The van der Waals surface area contributed by atoms with Crippen molar-refractivity contribution < 1.29 is 22.8 Å². The van der Waals surface area contributed by atoms with Crippen LogP contribution in [0.25, 0.3) is 0 Å². The molecule has 0 aliphatic carbocycles. The molecule has 2 rings (SSSR count). The average Bonchev–Trinajstić information content (AvgIpc) is 2.61. The summed E-state index contributed by atoms with van der Waals surface area (Å²) in [6.45, 7) is 5.57. The van der Waals surface area contributed by atoms with E-state index in [1.807, 2.05) is 38.1 Å². The average molecular weight is 392 g/mol. The van der Waals surface area contributed by atoms with Crippen LogP contribution in [0.5, 0.6) is 0 Å². The molecule has 0 heterocycles. The maximum Gasteiger partial charge on any atom is 0.416 e. The number of anilines is 2. The molecule has 150 valence electrons. The van der Waals surface area contributed by atoms with Crippen LogP contribution >= 0.6 is 0 Å². The Kier molecular flexibility index (Phi) is 6.83. The molecule has 0 fully saturated rings. The fourth-order valence-electron chi connectivity index (χ4n) is 2.88. The topological polar surface area (TPSA) is 49.4 Å². The van der Waals surface area contributed by atoms with Gasteiger partial charge in [0.2, 0.25) is 11.8 Å². The molecule has 0 aliphatic heterocycles. The van der Waals surface area contributed by atoms with Gasteiger partial charge in [-0.15, -0.1) is 0 Å². The number of hydrogen-bond donors (Lipinski definition) is 1. The minimum absolute atomic E-state index is 0.0394. The smallest absolute Gasteiger partial charge is 0.326 e. The largest absolute Gasteiger partial charge is 0.416 e. The molecule has 2 amide bonds. The zero-order chi connectivity index (χ0) is 20.9. The molecule has 0 saturated heterocycles. The first kappa shape index (κ1) is 21.5. The number of nitrogens with one attached hydrogen (secondary N) is 1. The lowest BCUT2D eigenvalue weighted by atomic mass is 10.0. The second-order valence-electron chi connectivity index (χ2n) is 6.76.